The fourth-order valence-corrected chi connectivity index (χ4v) is 1.67. The zero-order chi connectivity index (χ0) is 9.80. The van der Waals surface area contributed by atoms with Gasteiger partial charge in [0.15, 0.2) is 0 Å². The molecule has 0 amide bonds. The Labute approximate surface area is 84.0 Å². The summed E-state index contributed by atoms with van der Waals surface area (Å²) in [6.45, 7) is 0. The minimum absolute atomic E-state index is 0.506. The predicted molar refractivity (Wildman–Crippen MR) is 59.1 cm³/mol. The van der Waals surface area contributed by atoms with Crippen molar-refractivity contribution < 1.29 is 0 Å². The van der Waals surface area contributed by atoms with Crippen molar-refractivity contribution in [2.24, 2.45) is 0 Å². The molecule has 1 aromatic rings. The minimum Gasteiger partial charge on any atom is -0.397 e. The molecule has 0 bridgehead atoms. The highest BCUT2D eigenvalue weighted by Crippen LogP contribution is 2.20. The SMILES string of the molecule is Nc1ccncc1NC1CC=CCC1. The predicted octanol–water partition coefficient (Wildman–Crippen LogP) is 2.18. The molecule has 0 fully saturated rings. The van der Waals surface area contributed by atoms with E-state index in [4.69, 9.17) is 5.73 Å². The number of pyridine rings is 1. The summed E-state index contributed by atoms with van der Waals surface area (Å²) in [7, 11) is 0. The Morgan fingerprint density at radius 1 is 1.43 bits per heavy atom. The first-order valence-corrected chi connectivity index (χ1v) is 4.97. The first-order valence-electron chi connectivity index (χ1n) is 4.97. The number of nitrogens with two attached hydrogens (primary N) is 1. The fraction of sp³-hybridized carbons (Fsp3) is 0.364. The molecular formula is C11H15N3. The van der Waals surface area contributed by atoms with Crippen LogP contribution in [0.1, 0.15) is 19.3 Å². The highest BCUT2D eigenvalue weighted by molar-refractivity contribution is 5.64. The Hall–Kier alpha value is -1.51. The molecule has 1 aliphatic rings. The van der Waals surface area contributed by atoms with E-state index in [1.807, 2.05) is 6.07 Å². The van der Waals surface area contributed by atoms with Crippen LogP contribution in [0.5, 0.6) is 0 Å². The Kier molecular flexibility index (Phi) is 2.68. The van der Waals surface area contributed by atoms with Gasteiger partial charge in [-0.2, -0.15) is 0 Å². The second kappa shape index (κ2) is 4.13. The van der Waals surface area contributed by atoms with Crippen molar-refractivity contribution >= 4 is 11.4 Å². The second-order valence-electron chi connectivity index (χ2n) is 3.59. The maximum absolute atomic E-state index is 5.82. The van der Waals surface area contributed by atoms with E-state index in [1.54, 1.807) is 12.4 Å². The Morgan fingerprint density at radius 2 is 2.36 bits per heavy atom. The van der Waals surface area contributed by atoms with Gasteiger partial charge in [-0.25, -0.2) is 0 Å². The average molecular weight is 189 g/mol. The summed E-state index contributed by atoms with van der Waals surface area (Å²) in [5.41, 5.74) is 7.54. The molecule has 14 heavy (non-hydrogen) atoms. The lowest BCUT2D eigenvalue weighted by molar-refractivity contribution is 0.644. The van der Waals surface area contributed by atoms with Crippen molar-refractivity contribution in [3.05, 3.63) is 30.6 Å². The van der Waals surface area contributed by atoms with Gasteiger partial charge in [-0.1, -0.05) is 12.2 Å². The molecular weight excluding hydrogens is 174 g/mol. The zero-order valence-electron chi connectivity index (χ0n) is 8.11. The summed E-state index contributed by atoms with van der Waals surface area (Å²) < 4.78 is 0. The standard InChI is InChI=1S/C11H15N3/c12-10-6-7-13-8-11(10)14-9-4-2-1-3-5-9/h1-2,6-9,14H,3-5H2,(H2,12,13). The largest absolute Gasteiger partial charge is 0.397 e. The third kappa shape index (κ3) is 2.05. The number of nitrogens with one attached hydrogen (secondary N) is 1. The van der Waals surface area contributed by atoms with Crippen molar-refractivity contribution in [1.82, 2.24) is 4.98 Å². The number of aromatic nitrogens is 1. The van der Waals surface area contributed by atoms with Crippen LogP contribution in [0.4, 0.5) is 11.4 Å². The molecule has 0 saturated carbocycles. The van der Waals surface area contributed by atoms with E-state index >= 15 is 0 Å². The van der Waals surface area contributed by atoms with Crippen LogP contribution in [-0.4, -0.2) is 11.0 Å². The summed E-state index contributed by atoms with van der Waals surface area (Å²) in [6, 6.07) is 2.33. The molecule has 0 saturated heterocycles. The summed E-state index contributed by atoms with van der Waals surface area (Å²) in [4.78, 5) is 4.05. The van der Waals surface area contributed by atoms with Crippen molar-refractivity contribution in [3.63, 3.8) is 0 Å². The van der Waals surface area contributed by atoms with E-state index in [1.165, 1.54) is 6.42 Å². The summed E-state index contributed by atoms with van der Waals surface area (Å²) in [5.74, 6) is 0. The Balaban J connectivity index is 2.03. The van der Waals surface area contributed by atoms with E-state index in [9.17, 15) is 0 Å². The second-order valence-corrected chi connectivity index (χ2v) is 3.59. The van der Waals surface area contributed by atoms with Gasteiger partial charge in [0, 0.05) is 12.2 Å². The average Bonchev–Trinajstić information content (AvgIpc) is 2.23. The number of nitrogens with zero attached hydrogens (tertiary/aromatic N) is 1. The van der Waals surface area contributed by atoms with Crippen LogP contribution >= 0.6 is 0 Å². The molecule has 1 aliphatic carbocycles. The van der Waals surface area contributed by atoms with Crippen LogP contribution in [0, 0.1) is 0 Å². The van der Waals surface area contributed by atoms with Crippen molar-refractivity contribution in [2.75, 3.05) is 11.1 Å². The number of hydrogen-bond donors (Lipinski definition) is 2. The number of allylic oxidation sites excluding steroid dienone is 1. The zero-order valence-corrected chi connectivity index (χ0v) is 8.11. The van der Waals surface area contributed by atoms with Crippen molar-refractivity contribution in [3.8, 4) is 0 Å². The van der Waals surface area contributed by atoms with Crippen LogP contribution in [-0.2, 0) is 0 Å². The normalized spacial score (nSPS) is 20.7. The maximum atomic E-state index is 5.82. The van der Waals surface area contributed by atoms with Gasteiger partial charge in [0.05, 0.1) is 17.6 Å². The van der Waals surface area contributed by atoms with Crippen LogP contribution in [0.15, 0.2) is 30.6 Å². The fourth-order valence-electron chi connectivity index (χ4n) is 1.67. The van der Waals surface area contributed by atoms with Crippen LogP contribution in [0.25, 0.3) is 0 Å². The summed E-state index contributed by atoms with van der Waals surface area (Å²) in [6.07, 6.45) is 11.3. The van der Waals surface area contributed by atoms with E-state index in [0.29, 0.717) is 6.04 Å². The van der Waals surface area contributed by atoms with Gasteiger partial charge in [0.1, 0.15) is 0 Å². The van der Waals surface area contributed by atoms with Crippen LogP contribution in [0.3, 0.4) is 0 Å². The molecule has 0 aromatic carbocycles. The molecule has 1 unspecified atom stereocenters. The van der Waals surface area contributed by atoms with Gasteiger partial charge >= 0.3 is 0 Å². The van der Waals surface area contributed by atoms with Crippen LogP contribution in [0.2, 0.25) is 0 Å². The summed E-state index contributed by atoms with van der Waals surface area (Å²) >= 11 is 0. The van der Waals surface area contributed by atoms with Gasteiger partial charge in [0.25, 0.3) is 0 Å². The Morgan fingerprint density at radius 3 is 3.07 bits per heavy atom. The molecule has 1 heterocycles. The lowest BCUT2D eigenvalue weighted by Gasteiger charge is -2.21. The topological polar surface area (TPSA) is 50.9 Å². The van der Waals surface area contributed by atoms with Gasteiger partial charge < -0.3 is 11.1 Å². The highest BCUT2D eigenvalue weighted by atomic mass is 14.9. The molecule has 1 aromatic heterocycles. The number of nitrogen functional groups attached to an aromatic ring is 1. The third-order valence-corrected chi connectivity index (χ3v) is 2.48. The quantitative estimate of drug-likeness (QED) is 0.701. The van der Waals surface area contributed by atoms with Crippen LogP contribution < -0.4 is 11.1 Å². The van der Waals surface area contributed by atoms with Crippen molar-refractivity contribution in [1.29, 1.82) is 0 Å². The van der Waals surface area contributed by atoms with E-state index in [2.05, 4.69) is 22.5 Å². The molecule has 0 radical (unpaired) electrons. The van der Waals surface area contributed by atoms with Gasteiger partial charge in [-0.15, -0.1) is 0 Å². The number of anilines is 2. The minimum atomic E-state index is 0.506. The lowest BCUT2D eigenvalue weighted by atomic mass is 10.0. The third-order valence-electron chi connectivity index (χ3n) is 2.48. The van der Waals surface area contributed by atoms with Gasteiger partial charge in [-0.05, 0) is 25.3 Å². The monoisotopic (exact) mass is 189 g/mol. The first kappa shape index (κ1) is 9.06. The molecule has 74 valence electrons. The maximum Gasteiger partial charge on any atom is 0.0762 e. The first-order chi connectivity index (χ1) is 6.86. The summed E-state index contributed by atoms with van der Waals surface area (Å²) in [5, 5.41) is 3.41. The molecule has 1 atom stereocenters. The smallest absolute Gasteiger partial charge is 0.0762 e. The molecule has 2 rings (SSSR count). The van der Waals surface area contributed by atoms with E-state index < -0.39 is 0 Å². The Bertz CT molecular complexity index is 333. The van der Waals surface area contributed by atoms with Gasteiger partial charge in [0.2, 0.25) is 0 Å². The molecule has 3 N–H and O–H groups in total. The van der Waals surface area contributed by atoms with Gasteiger partial charge in [-0.3, -0.25) is 4.98 Å². The van der Waals surface area contributed by atoms with E-state index in [0.717, 1.165) is 24.2 Å². The van der Waals surface area contributed by atoms with E-state index in [-0.39, 0.29) is 0 Å². The molecule has 3 nitrogen and oxygen atoms in total. The molecule has 3 heteroatoms. The van der Waals surface area contributed by atoms with Crippen molar-refractivity contribution in [2.45, 2.75) is 25.3 Å². The lowest BCUT2D eigenvalue weighted by Crippen LogP contribution is -2.20. The highest BCUT2D eigenvalue weighted by Gasteiger charge is 2.10. The number of rotatable bonds is 2. The molecule has 0 spiro atoms. The number of hydrogen-bond acceptors (Lipinski definition) is 3. The molecule has 0 aliphatic heterocycles.